The minimum absolute atomic E-state index is 0.0355. The van der Waals surface area contributed by atoms with E-state index < -0.39 is 16.1 Å². The van der Waals surface area contributed by atoms with Crippen LogP contribution in [0.5, 0.6) is 5.75 Å². The maximum absolute atomic E-state index is 12.5. The molecular formula is C16H21ClN2O5S. The Labute approximate surface area is 152 Å². The maximum atomic E-state index is 12.5. The van der Waals surface area contributed by atoms with Gasteiger partial charge in [0.25, 0.3) is 5.91 Å². The standard InChI is InChI=1S/C16H21ClN2O5S/c1-25(21,22)19-7-6-15(16(20)18-10-12-3-2-8-23-12)24-14-5-4-11(17)9-13(14)19/h4-5,9,12,15H,2-3,6-8,10H2,1H3,(H,18,20). The molecule has 1 aromatic carbocycles. The van der Waals surface area contributed by atoms with E-state index in [0.717, 1.165) is 25.7 Å². The first-order valence-corrected chi connectivity index (χ1v) is 10.4. The predicted octanol–water partition coefficient (Wildman–Crippen LogP) is 1.55. The van der Waals surface area contributed by atoms with Crippen molar-refractivity contribution in [2.75, 3.05) is 30.3 Å². The van der Waals surface area contributed by atoms with E-state index in [9.17, 15) is 13.2 Å². The molecule has 138 valence electrons. The van der Waals surface area contributed by atoms with Crippen molar-refractivity contribution < 1.29 is 22.7 Å². The normalized spacial score (nSPS) is 23.5. The molecule has 2 atom stereocenters. The molecule has 1 aromatic rings. The number of carbonyl (C=O) groups is 1. The van der Waals surface area contributed by atoms with Gasteiger partial charge in [0.05, 0.1) is 18.0 Å². The van der Waals surface area contributed by atoms with E-state index in [1.165, 1.54) is 10.4 Å². The molecule has 0 radical (unpaired) electrons. The summed E-state index contributed by atoms with van der Waals surface area (Å²) in [5, 5.41) is 3.24. The number of fused-ring (bicyclic) bond motifs is 1. The molecule has 2 aliphatic heterocycles. The number of ether oxygens (including phenoxy) is 2. The molecule has 0 aliphatic carbocycles. The van der Waals surface area contributed by atoms with Gasteiger partial charge in [-0.05, 0) is 31.0 Å². The highest BCUT2D eigenvalue weighted by atomic mass is 35.5. The third-order valence-corrected chi connectivity index (χ3v) is 5.69. The number of carbonyl (C=O) groups excluding carboxylic acids is 1. The van der Waals surface area contributed by atoms with Crippen LogP contribution >= 0.6 is 11.6 Å². The Balaban J connectivity index is 1.76. The average molecular weight is 389 g/mol. The number of sulfonamides is 1. The number of nitrogens with zero attached hydrogens (tertiary/aromatic N) is 1. The summed E-state index contributed by atoms with van der Waals surface area (Å²) >= 11 is 6.00. The third-order valence-electron chi connectivity index (χ3n) is 4.27. The molecule has 0 spiro atoms. The van der Waals surface area contributed by atoms with Crippen LogP contribution in [0.3, 0.4) is 0 Å². The molecule has 7 nitrogen and oxygen atoms in total. The third kappa shape index (κ3) is 4.37. The first-order chi connectivity index (χ1) is 11.8. The van der Waals surface area contributed by atoms with Gasteiger partial charge < -0.3 is 14.8 Å². The van der Waals surface area contributed by atoms with Crippen molar-refractivity contribution in [3.63, 3.8) is 0 Å². The zero-order valence-electron chi connectivity index (χ0n) is 13.9. The van der Waals surface area contributed by atoms with Crippen LogP contribution in [0.15, 0.2) is 18.2 Å². The Bertz CT molecular complexity index is 749. The molecule has 1 amide bonds. The van der Waals surface area contributed by atoms with Gasteiger partial charge in [-0.3, -0.25) is 9.10 Å². The predicted molar refractivity (Wildman–Crippen MR) is 94.7 cm³/mol. The maximum Gasteiger partial charge on any atom is 0.261 e. The number of anilines is 1. The van der Waals surface area contributed by atoms with E-state index >= 15 is 0 Å². The summed E-state index contributed by atoms with van der Waals surface area (Å²) in [5.41, 5.74) is 0.351. The summed E-state index contributed by atoms with van der Waals surface area (Å²) in [6, 6.07) is 4.72. The van der Waals surface area contributed by atoms with Gasteiger partial charge in [0, 0.05) is 31.1 Å². The number of hydrogen-bond donors (Lipinski definition) is 1. The molecule has 9 heteroatoms. The quantitative estimate of drug-likeness (QED) is 0.845. The fourth-order valence-corrected chi connectivity index (χ4v) is 4.12. The molecule has 1 fully saturated rings. The molecule has 2 aliphatic rings. The second kappa shape index (κ2) is 7.39. The summed E-state index contributed by atoms with van der Waals surface area (Å²) < 4.78 is 36.7. The number of benzene rings is 1. The molecule has 3 rings (SSSR count). The van der Waals surface area contributed by atoms with Crippen molar-refractivity contribution in [3.05, 3.63) is 23.2 Å². The Morgan fingerprint density at radius 2 is 2.20 bits per heavy atom. The SMILES string of the molecule is CS(=O)(=O)N1CCC(C(=O)NCC2CCCO2)Oc2ccc(Cl)cc21. The largest absolute Gasteiger partial charge is 0.478 e. The van der Waals surface area contributed by atoms with E-state index in [2.05, 4.69) is 5.32 Å². The highest BCUT2D eigenvalue weighted by molar-refractivity contribution is 7.92. The summed E-state index contributed by atoms with van der Waals surface area (Å²) in [4.78, 5) is 12.5. The zero-order chi connectivity index (χ0) is 18.0. The second-order valence-electron chi connectivity index (χ2n) is 6.22. The Morgan fingerprint density at radius 3 is 2.88 bits per heavy atom. The van der Waals surface area contributed by atoms with Crippen molar-refractivity contribution in [2.45, 2.75) is 31.5 Å². The lowest BCUT2D eigenvalue weighted by atomic mass is 10.2. The first kappa shape index (κ1) is 18.3. The Hall–Kier alpha value is -1.51. The number of nitrogens with one attached hydrogen (secondary N) is 1. The first-order valence-electron chi connectivity index (χ1n) is 8.18. The molecule has 1 saturated heterocycles. The Morgan fingerprint density at radius 1 is 1.40 bits per heavy atom. The van der Waals surface area contributed by atoms with Crippen LogP contribution in [-0.4, -0.2) is 52.5 Å². The summed E-state index contributed by atoms with van der Waals surface area (Å²) in [6.45, 7) is 1.30. The average Bonchev–Trinajstić information content (AvgIpc) is 2.98. The van der Waals surface area contributed by atoms with Crippen LogP contribution < -0.4 is 14.4 Å². The molecule has 0 saturated carbocycles. The highest BCUT2D eigenvalue weighted by Crippen LogP contribution is 2.36. The zero-order valence-corrected chi connectivity index (χ0v) is 15.5. The van der Waals surface area contributed by atoms with Crippen molar-refractivity contribution in [1.82, 2.24) is 5.32 Å². The van der Waals surface area contributed by atoms with Crippen LogP contribution in [0.25, 0.3) is 0 Å². The van der Waals surface area contributed by atoms with Crippen molar-refractivity contribution in [1.29, 1.82) is 0 Å². The Kier molecular flexibility index (Phi) is 5.41. The molecular weight excluding hydrogens is 368 g/mol. The van der Waals surface area contributed by atoms with Gasteiger partial charge in [0.15, 0.2) is 6.10 Å². The lowest BCUT2D eigenvalue weighted by molar-refractivity contribution is -0.128. The number of amides is 1. The van der Waals surface area contributed by atoms with E-state index in [1.54, 1.807) is 12.1 Å². The fraction of sp³-hybridized carbons (Fsp3) is 0.562. The molecule has 1 N–H and O–H groups in total. The molecule has 0 aromatic heterocycles. The van der Waals surface area contributed by atoms with Gasteiger partial charge in [0.2, 0.25) is 10.0 Å². The van der Waals surface area contributed by atoms with Crippen LogP contribution in [0.1, 0.15) is 19.3 Å². The molecule has 2 heterocycles. The fourth-order valence-electron chi connectivity index (χ4n) is 3.01. The van der Waals surface area contributed by atoms with Gasteiger partial charge in [-0.25, -0.2) is 8.42 Å². The monoisotopic (exact) mass is 388 g/mol. The molecule has 2 unspecified atom stereocenters. The second-order valence-corrected chi connectivity index (χ2v) is 8.57. The van der Waals surface area contributed by atoms with Crippen molar-refractivity contribution in [2.24, 2.45) is 0 Å². The van der Waals surface area contributed by atoms with Crippen LogP contribution in [-0.2, 0) is 19.6 Å². The number of hydrogen-bond acceptors (Lipinski definition) is 5. The minimum atomic E-state index is -3.51. The smallest absolute Gasteiger partial charge is 0.261 e. The summed E-state index contributed by atoms with van der Waals surface area (Å²) in [6.07, 6.45) is 2.56. The van der Waals surface area contributed by atoms with Gasteiger partial charge in [-0.1, -0.05) is 11.6 Å². The number of halogens is 1. The van der Waals surface area contributed by atoms with Gasteiger partial charge >= 0.3 is 0 Å². The van der Waals surface area contributed by atoms with Crippen LogP contribution in [0.4, 0.5) is 5.69 Å². The van der Waals surface area contributed by atoms with Crippen molar-refractivity contribution >= 4 is 33.2 Å². The lowest BCUT2D eigenvalue weighted by Crippen LogP contribution is -2.42. The van der Waals surface area contributed by atoms with Crippen LogP contribution in [0.2, 0.25) is 5.02 Å². The molecule has 0 bridgehead atoms. The topological polar surface area (TPSA) is 84.9 Å². The molecule has 25 heavy (non-hydrogen) atoms. The number of rotatable bonds is 4. The van der Waals surface area contributed by atoms with Crippen molar-refractivity contribution in [3.8, 4) is 5.75 Å². The van der Waals surface area contributed by atoms with E-state index in [-0.39, 0.29) is 25.0 Å². The van der Waals surface area contributed by atoms with Gasteiger partial charge in [-0.2, -0.15) is 0 Å². The highest BCUT2D eigenvalue weighted by Gasteiger charge is 2.31. The minimum Gasteiger partial charge on any atom is -0.478 e. The summed E-state index contributed by atoms with van der Waals surface area (Å²) in [7, 11) is -3.51. The van der Waals surface area contributed by atoms with E-state index in [0.29, 0.717) is 23.0 Å². The lowest BCUT2D eigenvalue weighted by Gasteiger charge is -2.21. The van der Waals surface area contributed by atoms with Gasteiger partial charge in [-0.15, -0.1) is 0 Å². The summed E-state index contributed by atoms with van der Waals surface area (Å²) in [5.74, 6) is 0.0522. The van der Waals surface area contributed by atoms with Crippen LogP contribution in [0, 0.1) is 0 Å². The van der Waals surface area contributed by atoms with E-state index in [1.807, 2.05) is 0 Å². The van der Waals surface area contributed by atoms with Gasteiger partial charge in [0.1, 0.15) is 5.75 Å². The van der Waals surface area contributed by atoms with E-state index in [4.69, 9.17) is 21.1 Å².